The van der Waals surface area contributed by atoms with Gasteiger partial charge in [-0.3, -0.25) is 4.98 Å². The monoisotopic (exact) mass is 188 g/mol. The molecule has 0 aliphatic heterocycles. The summed E-state index contributed by atoms with van der Waals surface area (Å²) >= 11 is 3.25. The summed E-state index contributed by atoms with van der Waals surface area (Å²) in [5.74, 6) is 0. The van der Waals surface area contributed by atoms with Gasteiger partial charge in [-0.05, 0) is 41.8 Å². The molecule has 48 valence electrons. The van der Waals surface area contributed by atoms with Crippen molar-refractivity contribution in [3.8, 4) is 0 Å². The first kappa shape index (κ1) is 3.71. The average Bonchev–Trinajstić information content (AvgIpc) is 1.92. The van der Waals surface area contributed by atoms with E-state index in [1.54, 1.807) is 13.0 Å². The van der Waals surface area contributed by atoms with Crippen LogP contribution in [0.15, 0.2) is 16.6 Å². The zero-order valence-electron chi connectivity index (χ0n) is 7.98. The Balaban J connectivity index is 3.14. The molecule has 0 bridgehead atoms. The van der Waals surface area contributed by atoms with Crippen molar-refractivity contribution in [2.24, 2.45) is 0 Å². The molecule has 0 radical (unpaired) electrons. The zero-order valence-corrected chi connectivity index (χ0v) is 6.57. The van der Waals surface area contributed by atoms with Crippen LogP contribution in [0.25, 0.3) is 0 Å². The summed E-state index contributed by atoms with van der Waals surface area (Å²) in [4.78, 5) is 3.93. The molecule has 1 nitrogen and oxygen atoms in total. The number of nitrogens with zero attached hydrogens (tertiary/aromatic N) is 1. The van der Waals surface area contributed by atoms with E-state index < -0.39 is 6.85 Å². The fourth-order valence-corrected chi connectivity index (χ4v) is 0.765. The number of pyridine rings is 1. The summed E-state index contributed by atoms with van der Waals surface area (Å²) in [6, 6.07) is 3.20. The third-order valence-corrected chi connectivity index (χ3v) is 1.86. The van der Waals surface area contributed by atoms with Gasteiger partial charge in [0.2, 0.25) is 0 Å². The summed E-state index contributed by atoms with van der Waals surface area (Å²) in [7, 11) is 0. The van der Waals surface area contributed by atoms with Gasteiger partial charge in [0.25, 0.3) is 0 Å². The fraction of sp³-hybridized carbons (Fsp3) is 0.286. The lowest BCUT2D eigenvalue weighted by Crippen LogP contribution is -1.84. The van der Waals surface area contributed by atoms with Crippen molar-refractivity contribution in [1.29, 1.82) is 0 Å². The second-order valence-corrected chi connectivity index (χ2v) is 2.62. The van der Waals surface area contributed by atoms with Crippen molar-refractivity contribution < 1.29 is 4.11 Å². The molecule has 1 rings (SSSR count). The van der Waals surface area contributed by atoms with Gasteiger partial charge in [-0.1, -0.05) is 0 Å². The lowest BCUT2D eigenvalue weighted by molar-refractivity contribution is 1.11. The van der Waals surface area contributed by atoms with Crippen LogP contribution in [0, 0.1) is 13.8 Å². The highest BCUT2D eigenvalue weighted by atomic mass is 79.9. The van der Waals surface area contributed by atoms with E-state index in [0.717, 1.165) is 4.47 Å². The Morgan fingerprint density at radius 3 is 3.00 bits per heavy atom. The third-order valence-electron chi connectivity index (χ3n) is 1.02. The van der Waals surface area contributed by atoms with Crippen LogP contribution in [0.2, 0.25) is 0 Å². The molecule has 0 saturated carbocycles. The Labute approximate surface area is 67.5 Å². The lowest BCUT2D eigenvalue weighted by Gasteiger charge is -1.95. The number of aromatic nitrogens is 1. The zero-order chi connectivity index (χ0) is 9.35. The molecule has 1 aromatic heterocycles. The molecular weight excluding hydrogens is 178 g/mol. The quantitative estimate of drug-likeness (QED) is 0.610. The molecule has 0 amide bonds. The highest BCUT2D eigenvalue weighted by Crippen LogP contribution is 2.12. The van der Waals surface area contributed by atoms with E-state index in [1.165, 1.54) is 6.07 Å². The van der Waals surface area contributed by atoms with Gasteiger partial charge in [0.15, 0.2) is 0 Å². The second kappa shape index (κ2) is 2.48. The Bertz CT molecular complexity index is 295. The van der Waals surface area contributed by atoms with E-state index >= 15 is 0 Å². The Morgan fingerprint density at radius 2 is 2.44 bits per heavy atom. The molecule has 1 heterocycles. The van der Waals surface area contributed by atoms with Crippen molar-refractivity contribution >= 4 is 15.9 Å². The van der Waals surface area contributed by atoms with Gasteiger partial charge in [-0.2, -0.15) is 0 Å². The van der Waals surface area contributed by atoms with Crippen LogP contribution in [-0.2, 0) is 0 Å². The van der Waals surface area contributed by atoms with Gasteiger partial charge >= 0.3 is 0 Å². The van der Waals surface area contributed by atoms with Crippen molar-refractivity contribution in [3.63, 3.8) is 0 Å². The first-order chi connectivity index (χ1) is 5.41. The standard InChI is InChI=1S/C7H8BrN/c1-5-3-4-7(8)6(2)9-5/h3-4H,1-2H3/i1D3. The molecule has 1 aromatic rings. The molecular formula is C7H8BrN. The summed E-state index contributed by atoms with van der Waals surface area (Å²) in [5.41, 5.74) is 0.840. The van der Waals surface area contributed by atoms with Crippen molar-refractivity contribution in [2.45, 2.75) is 13.8 Å². The minimum Gasteiger partial charge on any atom is -0.257 e. The molecule has 0 atom stereocenters. The largest absolute Gasteiger partial charge is 0.257 e. The Hall–Kier alpha value is -0.370. The first-order valence-corrected chi connectivity index (χ1v) is 3.34. The van der Waals surface area contributed by atoms with Crippen molar-refractivity contribution in [3.05, 3.63) is 28.0 Å². The predicted octanol–water partition coefficient (Wildman–Crippen LogP) is 2.46. The van der Waals surface area contributed by atoms with Crippen LogP contribution in [-0.4, -0.2) is 4.98 Å². The Kier molecular flexibility index (Phi) is 1.02. The highest BCUT2D eigenvalue weighted by Gasteiger charge is 1.92. The van der Waals surface area contributed by atoms with Gasteiger partial charge in [0, 0.05) is 14.3 Å². The van der Waals surface area contributed by atoms with Crippen LogP contribution >= 0.6 is 15.9 Å². The minimum atomic E-state index is -2.11. The van der Waals surface area contributed by atoms with Crippen LogP contribution in [0.5, 0.6) is 0 Å². The van der Waals surface area contributed by atoms with Crippen molar-refractivity contribution in [1.82, 2.24) is 4.98 Å². The van der Waals surface area contributed by atoms with E-state index in [2.05, 4.69) is 20.9 Å². The van der Waals surface area contributed by atoms with Crippen molar-refractivity contribution in [2.75, 3.05) is 0 Å². The molecule has 0 aliphatic rings. The molecule has 0 aliphatic carbocycles. The summed E-state index contributed by atoms with van der Waals surface area (Å²) in [6.07, 6.45) is 0. The van der Waals surface area contributed by atoms with Gasteiger partial charge < -0.3 is 0 Å². The van der Waals surface area contributed by atoms with E-state index in [-0.39, 0.29) is 5.69 Å². The van der Waals surface area contributed by atoms with E-state index in [0.29, 0.717) is 5.69 Å². The van der Waals surface area contributed by atoms with Gasteiger partial charge in [-0.25, -0.2) is 0 Å². The van der Waals surface area contributed by atoms with E-state index in [9.17, 15) is 0 Å². The number of hydrogen-bond acceptors (Lipinski definition) is 1. The van der Waals surface area contributed by atoms with Crippen LogP contribution in [0.1, 0.15) is 15.5 Å². The highest BCUT2D eigenvalue weighted by molar-refractivity contribution is 9.10. The van der Waals surface area contributed by atoms with E-state index in [1.807, 2.05) is 0 Å². The molecule has 9 heavy (non-hydrogen) atoms. The summed E-state index contributed by atoms with van der Waals surface area (Å²) in [6.45, 7) is -0.342. The number of halogens is 1. The molecule has 0 aromatic carbocycles. The fourth-order valence-electron chi connectivity index (χ4n) is 0.544. The molecule has 0 N–H and O–H groups in total. The van der Waals surface area contributed by atoms with Crippen LogP contribution in [0.3, 0.4) is 0 Å². The Morgan fingerprint density at radius 1 is 1.67 bits per heavy atom. The maximum atomic E-state index is 7.10. The molecule has 0 unspecified atom stereocenters. The smallest absolute Gasteiger partial charge is 0.0517 e. The topological polar surface area (TPSA) is 12.9 Å². The SMILES string of the molecule is [2H]C([2H])([2H])c1ccc(Br)c(C)n1. The van der Waals surface area contributed by atoms with Gasteiger partial charge in [-0.15, -0.1) is 0 Å². The summed E-state index contributed by atoms with van der Waals surface area (Å²) < 4.78 is 22.1. The van der Waals surface area contributed by atoms with Crippen LogP contribution in [0.4, 0.5) is 0 Å². The minimum absolute atomic E-state index is 0.142. The third kappa shape index (κ3) is 1.52. The normalized spacial score (nSPS) is 16.0. The number of aryl methyl sites for hydroxylation is 2. The predicted molar refractivity (Wildman–Crippen MR) is 41.4 cm³/mol. The van der Waals surface area contributed by atoms with E-state index in [4.69, 9.17) is 4.11 Å². The van der Waals surface area contributed by atoms with Gasteiger partial charge in [0.05, 0.1) is 5.69 Å². The molecule has 0 saturated heterocycles. The maximum absolute atomic E-state index is 7.10. The second-order valence-electron chi connectivity index (χ2n) is 1.76. The lowest BCUT2D eigenvalue weighted by atomic mass is 10.3. The first-order valence-electron chi connectivity index (χ1n) is 4.05. The van der Waals surface area contributed by atoms with Crippen LogP contribution < -0.4 is 0 Å². The van der Waals surface area contributed by atoms with Gasteiger partial charge in [0.1, 0.15) is 0 Å². The molecule has 2 heteroatoms. The molecule has 0 spiro atoms. The molecule has 0 fully saturated rings. The number of rotatable bonds is 0. The average molecular weight is 189 g/mol. The number of hydrogen-bond donors (Lipinski definition) is 0. The summed E-state index contributed by atoms with van der Waals surface area (Å²) in [5, 5.41) is 0. The maximum Gasteiger partial charge on any atom is 0.0517 e.